The lowest BCUT2D eigenvalue weighted by Crippen LogP contribution is -2.45. The second-order valence-corrected chi connectivity index (χ2v) is 3.79. The molecule has 0 rings (SSSR count). The molecule has 98 valence electrons. The Labute approximate surface area is 101 Å². The first kappa shape index (κ1) is 15.4. The molecule has 0 aromatic carbocycles. The maximum Gasteiger partial charge on any atom is 0.328 e. The highest BCUT2D eigenvalue weighted by Gasteiger charge is 2.25. The first-order valence-electron chi connectivity index (χ1n) is 5.45. The van der Waals surface area contributed by atoms with Gasteiger partial charge in [-0.25, -0.2) is 4.79 Å². The SMILES string of the molecule is CCOC(=O)CC(=O)NC(C(=O)OC)C(C)C. The average molecular weight is 245 g/mol. The van der Waals surface area contributed by atoms with E-state index in [1.807, 2.05) is 0 Å². The van der Waals surface area contributed by atoms with E-state index >= 15 is 0 Å². The molecule has 0 aliphatic heterocycles. The highest BCUT2D eigenvalue weighted by Crippen LogP contribution is 2.04. The molecule has 0 spiro atoms. The van der Waals surface area contributed by atoms with Crippen LogP contribution in [0.5, 0.6) is 0 Å². The summed E-state index contributed by atoms with van der Waals surface area (Å²) in [5, 5.41) is 2.44. The highest BCUT2D eigenvalue weighted by molar-refractivity contribution is 5.96. The summed E-state index contributed by atoms with van der Waals surface area (Å²) in [6.07, 6.45) is -0.395. The molecule has 0 radical (unpaired) electrons. The van der Waals surface area contributed by atoms with Crippen molar-refractivity contribution in [2.45, 2.75) is 33.2 Å². The maximum atomic E-state index is 11.4. The van der Waals surface area contributed by atoms with Crippen molar-refractivity contribution in [1.29, 1.82) is 0 Å². The minimum Gasteiger partial charge on any atom is -0.467 e. The van der Waals surface area contributed by atoms with Crippen molar-refractivity contribution in [3.05, 3.63) is 0 Å². The fourth-order valence-corrected chi connectivity index (χ4v) is 1.19. The standard InChI is InChI=1S/C11H19NO5/c1-5-17-9(14)6-8(13)12-10(7(2)3)11(15)16-4/h7,10H,5-6H2,1-4H3,(H,12,13). The van der Waals surface area contributed by atoms with Crippen LogP contribution < -0.4 is 5.32 Å². The maximum absolute atomic E-state index is 11.4. The molecule has 1 amide bonds. The van der Waals surface area contributed by atoms with Crippen molar-refractivity contribution in [3.63, 3.8) is 0 Å². The molecule has 1 N–H and O–H groups in total. The van der Waals surface area contributed by atoms with E-state index in [-0.39, 0.29) is 12.5 Å². The van der Waals surface area contributed by atoms with Crippen LogP contribution in [-0.4, -0.2) is 37.6 Å². The first-order valence-corrected chi connectivity index (χ1v) is 5.45. The second kappa shape index (κ2) is 7.65. The summed E-state index contributed by atoms with van der Waals surface area (Å²) in [6, 6.07) is -0.748. The largest absolute Gasteiger partial charge is 0.467 e. The predicted molar refractivity (Wildman–Crippen MR) is 60.0 cm³/mol. The summed E-state index contributed by atoms with van der Waals surface area (Å²) >= 11 is 0. The van der Waals surface area contributed by atoms with Gasteiger partial charge in [-0.2, -0.15) is 0 Å². The molecule has 0 saturated carbocycles. The quantitative estimate of drug-likeness (QED) is 0.536. The van der Waals surface area contributed by atoms with Crippen LogP contribution in [0.4, 0.5) is 0 Å². The molecule has 17 heavy (non-hydrogen) atoms. The average Bonchev–Trinajstić information content (AvgIpc) is 2.24. The van der Waals surface area contributed by atoms with Crippen molar-refractivity contribution in [3.8, 4) is 0 Å². The van der Waals surface area contributed by atoms with E-state index in [4.69, 9.17) is 0 Å². The number of ether oxygens (including phenoxy) is 2. The molecule has 0 heterocycles. The van der Waals surface area contributed by atoms with Crippen LogP contribution in [0.2, 0.25) is 0 Å². The van der Waals surface area contributed by atoms with Gasteiger partial charge in [0.2, 0.25) is 5.91 Å². The van der Waals surface area contributed by atoms with Gasteiger partial charge in [0.25, 0.3) is 0 Å². The van der Waals surface area contributed by atoms with Gasteiger partial charge < -0.3 is 14.8 Å². The Bertz CT molecular complexity index is 288. The molecule has 0 aliphatic carbocycles. The number of carbonyl (C=O) groups excluding carboxylic acids is 3. The summed E-state index contributed by atoms with van der Waals surface area (Å²) in [5.74, 6) is -1.81. The number of esters is 2. The van der Waals surface area contributed by atoms with Crippen LogP contribution in [0.1, 0.15) is 27.2 Å². The predicted octanol–water partition coefficient (Wildman–Crippen LogP) is 0.253. The van der Waals surface area contributed by atoms with E-state index in [9.17, 15) is 14.4 Å². The van der Waals surface area contributed by atoms with E-state index < -0.39 is 30.3 Å². The Morgan fingerprint density at radius 1 is 1.24 bits per heavy atom. The van der Waals surface area contributed by atoms with Gasteiger partial charge in [0.15, 0.2) is 0 Å². The van der Waals surface area contributed by atoms with Gasteiger partial charge >= 0.3 is 11.9 Å². The monoisotopic (exact) mass is 245 g/mol. The zero-order valence-electron chi connectivity index (χ0n) is 10.6. The summed E-state index contributed by atoms with van der Waals surface area (Å²) in [7, 11) is 1.25. The Morgan fingerprint density at radius 2 is 1.82 bits per heavy atom. The summed E-state index contributed by atoms with van der Waals surface area (Å²) in [4.78, 5) is 33.8. The molecule has 0 aliphatic rings. The normalized spacial score (nSPS) is 11.8. The lowest BCUT2D eigenvalue weighted by atomic mass is 10.0. The molecular formula is C11H19NO5. The minimum atomic E-state index is -0.748. The fraction of sp³-hybridized carbons (Fsp3) is 0.727. The van der Waals surface area contributed by atoms with Crippen LogP contribution in [0.15, 0.2) is 0 Å². The Hall–Kier alpha value is -1.59. The Kier molecular flexibility index (Phi) is 6.93. The van der Waals surface area contributed by atoms with Gasteiger partial charge in [0.05, 0.1) is 13.7 Å². The highest BCUT2D eigenvalue weighted by atomic mass is 16.5. The van der Waals surface area contributed by atoms with Crippen LogP contribution in [0, 0.1) is 5.92 Å². The third kappa shape index (κ3) is 5.89. The van der Waals surface area contributed by atoms with Crippen LogP contribution in [-0.2, 0) is 23.9 Å². The number of methoxy groups -OCH3 is 1. The molecule has 1 atom stereocenters. The third-order valence-electron chi connectivity index (χ3n) is 2.05. The summed E-state index contributed by atoms with van der Waals surface area (Å²) < 4.78 is 9.18. The van der Waals surface area contributed by atoms with Crippen molar-refractivity contribution in [2.24, 2.45) is 5.92 Å². The van der Waals surface area contributed by atoms with Gasteiger partial charge in [0, 0.05) is 0 Å². The number of rotatable bonds is 6. The lowest BCUT2D eigenvalue weighted by molar-refractivity contribution is -0.150. The molecule has 6 nitrogen and oxygen atoms in total. The zero-order chi connectivity index (χ0) is 13.4. The zero-order valence-corrected chi connectivity index (χ0v) is 10.6. The number of nitrogens with one attached hydrogen (secondary N) is 1. The topological polar surface area (TPSA) is 81.7 Å². The van der Waals surface area contributed by atoms with Crippen molar-refractivity contribution in [1.82, 2.24) is 5.32 Å². The first-order chi connectivity index (χ1) is 7.92. The van der Waals surface area contributed by atoms with Gasteiger partial charge in [-0.3, -0.25) is 9.59 Å². The van der Waals surface area contributed by atoms with Gasteiger partial charge in [0.1, 0.15) is 12.5 Å². The summed E-state index contributed by atoms with van der Waals surface area (Å²) in [5.41, 5.74) is 0. The Balaban J connectivity index is 4.32. The van der Waals surface area contributed by atoms with Crippen molar-refractivity contribution < 1.29 is 23.9 Å². The minimum absolute atomic E-state index is 0.117. The third-order valence-corrected chi connectivity index (χ3v) is 2.05. The molecule has 0 aromatic heterocycles. The van der Waals surface area contributed by atoms with Gasteiger partial charge in [-0.15, -0.1) is 0 Å². The van der Waals surface area contributed by atoms with Crippen molar-refractivity contribution >= 4 is 17.8 Å². The smallest absolute Gasteiger partial charge is 0.328 e. The van der Waals surface area contributed by atoms with E-state index in [2.05, 4.69) is 14.8 Å². The van der Waals surface area contributed by atoms with Crippen molar-refractivity contribution in [2.75, 3.05) is 13.7 Å². The molecule has 0 fully saturated rings. The van der Waals surface area contributed by atoms with Crippen LogP contribution in [0.25, 0.3) is 0 Å². The molecule has 1 unspecified atom stereocenters. The number of hydrogen-bond acceptors (Lipinski definition) is 5. The fourth-order valence-electron chi connectivity index (χ4n) is 1.19. The lowest BCUT2D eigenvalue weighted by Gasteiger charge is -2.19. The van der Waals surface area contributed by atoms with Crippen LogP contribution in [0.3, 0.4) is 0 Å². The van der Waals surface area contributed by atoms with E-state index in [1.165, 1.54) is 7.11 Å². The van der Waals surface area contributed by atoms with Gasteiger partial charge in [-0.05, 0) is 12.8 Å². The number of amides is 1. The van der Waals surface area contributed by atoms with E-state index in [1.54, 1.807) is 20.8 Å². The molecule has 0 saturated heterocycles. The second-order valence-electron chi connectivity index (χ2n) is 3.79. The molecular weight excluding hydrogens is 226 g/mol. The molecule has 0 aromatic rings. The molecule has 0 bridgehead atoms. The van der Waals surface area contributed by atoms with Crippen LogP contribution >= 0.6 is 0 Å². The number of hydrogen-bond donors (Lipinski definition) is 1. The van der Waals surface area contributed by atoms with E-state index in [0.717, 1.165) is 0 Å². The molecule has 6 heteroatoms. The van der Waals surface area contributed by atoms with Gasteiger partial charge in [-0.1, -0.05) is 13.8 Å². The summed E-state index contributed by atoms with van der Waals surface area (Å²) in [6.45, 7) is 5.41. The van der Waals surface area contributed by atoms with E-state index in [0.29, 0.717) is 0 Å². The Morgan fingerprint density at radius 3 is 2.24 bits per heavy atom. The number of carbonyl (C=O) groups is 3.